The summed E-state index contributed by atoms with van der Waals surface area (Å²) in [5.41, 5.74) is 3.38. The van der Waals surface area contributed by atoms with Crippen LogP contribution in [0.3, 0.4) is 0 Å². The number of aryl methyl sites for hydroxylation is 3. The lowest BCUT2D eigenvalue weighted by Crippen LogP contribution is -2.47. The number of hydrogen-bond acceptors (Lipinski definition) is 4. The number of nitrogens with zero attached hydrogens (tertiary/aromatic N) is 1. The Kier molecular flexibility index (Phi) is 6.67. The van der Waals surface area contributed by atoms with E-state index in [0.29, 0.717) is 19.7 Å². The van der Waals surface area contributed by atoms with Gasteiger partial charge in [-0.1, -0.05) is 6.07 Å². The van der Waals surface area contributed by atoms with Crippen LogP contribution in [0.5, 0.6) is 5.75 Å². The number of ether oxygens (including phenoxy) is 2. The summed E-state index contributed by atoms with van der Waals surface area (Å²) in [6.45, 7) is 9.43. The second-order valence-electron chi connectivity index (χ2n) is 6.52. The SMILES string of the molecule is CCOC(=O)N1CCC(NC(=O)COc2cc(C)c(C)cc2C)CC1. The van der Waals surface area contributed by atoms with Gasteiger partial charge in [-0.25, -0.2) is 4.79 Å². The molecule has 1 aromatic carbocycles. The van der Waals surface area contributed by atoms with Crippen LogP contribution in [-0.2, 0) is 9.53 Å². The zero-order chi connectivity index (χ0) is 18.4. The number of carbonyl (C=O) groups excluding carboxylic acids is 2. The van der Waals surface area contributed by atoms with Gasteiger partial charge in [0.2, 0.25) is 0 Å². The quantitative estimate of drug-likeness (QED) is 0.888. The molecule has 1 aromatic rings. The highest BCUT2D eigenvalue weighted by Crippen LogP contribution is 2.22. The van der Waals surface area contributed by atoms with E-state index in [9.17, 15) is 9.59 Å². The molecule has 0 bridgehead atoms. The van der Waals surface area contributed by atoms with Gasteiger partial charge in [0.15, 0.2) is 6.61 Å². The molecule has 6 heteroatoms. The van der Waals surface area contributed by atoms with Crippen LogP contribution in [0.2, 0.25) is 0 Å². The fraction of sp³-hybridized carbons (Fsp3) is 0.579. The van der Waals surface area contributed by atoms with Crippen molar-refractivity contribution in [2.45, 2.75) is 46.6 Å². The van der Waals surface area contributed by atoms with Gasteiger partial charge < -0.3 is 19.7 Å². The molecule has 2 rings (SSSR count). The number of benzene rings is 1. The molecule has 25 heavy (non-hydrogen) atoms. The number of carbonyl (C=O) groups is 2. The first-order valence-corrected chi connectivity index (χ1v) is 8.82. The van der Waals surface area contributed by atoms with E-state index in [1.807, 2.05) is 19.9 Å². The van der Waals surface area contributed by atoms with Crippen LogP contribution in [0.4, 0.5) is 4.79 Å². The highest BCUT2D eigenvalue weighted by molar-refractivity contribution is 5.78. The summed E-state index contributed by atoms with van der Waals surface area (Å²) in [4.78, 5) is 25.5. The predicted molar refractivity (Wildman–Crippen MR) is 95.9 cm³/mol. The van der Waals surface area contributed by atoms with Gasteiger partial charge >= 0.3 is 6.09 Å². The van der Waals surface area contributed by atoms with Crippen LogP contribution < -0.4 is 10.1 Å². The molecule has 2 amide bonds. The Morgan fingerprint density at radius 1 is 1.12 bits per heavy atom. The summed E-state index contributed by atoms with van der Waals surface area (Å²) < 4.78 is 10.7. The molecule has 6 nitrogen and oxygen atoms in total. The predicted octanol–water partition coefficient (Wildman–Crippen LogP) is 2.73. The third kappa shape index (κ3) is 5.37. The molecule has 0 radical (unpaired) electrons. The monoisotopic (exact) mass is 348 g/mol. The third-order valence-corrected chi connectivity index (χ3v) is 4.54. The van der Waals surface area contributed by atoms with Crippen molar-refractivity contribution in [2.24, 2.45) is 0 Å². The lowest BCUT2D eigenvalue weighted by molar-refractivity contribution is -0.124. The molecule has 1 fully saturated rings. The smallest absolute Gasteiger partial charge is 0.409 e. The average molecular weight is 348 g/mol. The average Bonchev–Trinajstić information content (AvgIpc) is 2.58. The van der Waals surface area contributed by atoms with Crippen LogP contribution in [0.25, 0.3) is 0 Å². The second-order valence-corrected chi connectivity index (χ2v) is 6.52. The zero-order valence-electron chi connectivity index (χ0n) is 15.6. The molecule has 0 saturated carbocycles. The Morgan fingerprint density at radius 2 is 1.76 bits per heavy atom. The number of likely N-dealkylation sites (tertiary alicyclic amines) is 1. The van der Waals surface area contributed by atoms with Gasteiger partial charge in [0, 0.05) is 19.1 Å². The Balaban J connectivity index is 1.76. The van der Waals surface area contributed by atoms with Crippen molar-refractivity contribution in [1.29, 1.82) is 0 Å². The highest BCUT2D eigenvalue weighted by atomic mass is 16.6. The van der Waals surface area contributed by atoms with Crippen molar-refractivity contribution in [2.75, 3.05) is 26.3 Å². The van der Waals surface area contributed by atoms with E-state index in [4.69, 9.17) is 9.47 Å². The van der Waals surface area contributed by atoms with Gasteiger partial charge in [-0.15, -0.1) is 0 Å². The Labute approximate surface area is 149 Å². The molecular weight excluding hydrogens is 320 g/mol. The van der Waals surface area contributed by atoms with Crippen molar-refractivity contribution in [1.82, 2.24) is 10.2 Å². The maximum atomic E-state index is 12.1. The number of nitrogens with one attached hydrogen (secondary N) is 1. The van der Waals surface area contributed by atoms with E-state index < -0.39 is 0 Å². The molecule has 0 unspecified atom stereocenters. The van der Waals surface area contributed by atoms with Gasteiger partial charge in [-0.05, 0) is 63.3 Å². The summed E-state index contributed by atoms with van der Waals surface area (Å²) >= 11 is 0. The normalized spacial score (nSPS) is 15.0. The van der Waals surface area contributed by atoms with E-state index in [-0.39, 0.29) is 24.6 Å². The maximum Gasteiger partial charge on any atom is 0.409 e. The maximum absolute atomic E-state index is 12.1. The molecule has 1 heterocycles. The number of piperidine rings is 1. The molecular formula is C19H28N2O4. The fourth-order valence-electron chi connectivity index (χ4n) is 2.92. The lowest BCUT2D eigenvalue weighted by Gasteiger charge is -2.31. The number of rotatable bonds is 5. The molecule has 1 saturated heterocycles. The topological polar surface area (TPSA) is 67.9 Å². The lowest BCUT2D eigenvalue weighted by atomic mass is 10.1. The van der Waals surface area contributed by atoms with E-state index in [1.165, 1.54) is 5.56 Å². The van der Waals surface area contributed by atoms with Gasteiger partial charge in [-0.3, -0.25) is 4.79 Å². The first kappa shape index (κ1) is 19.1. The molecule has 1 N–H and O–H groups in total. The fourth-order valence-corrected chi connectivity index (χ4v) is 2.92. The van der Waals surface area contributed by atoms with E-state index in [2.05, 4.69) is 18.3 Å². The van der Waals surface area contributed by atoms with Crippen molar-refractivity contribution in [3.63, 3.8) is 0 Å². The van der Waals surface area contributed by atoms with Gasteiger partial charge in [0.1, 0.15) is 5.75 Å². The summed E-state index contributed by atoms with van der Waals surface area (Å²) in [6, 6.07) is 4.10. The zero-order valence-corrected chi connectivity index (χ0v) is 15.6. The van der Waals surface area contributed by atoms with E-state index >= 15 is 0 Å². The Hall–Kier alpha value is -2.24. The van der Waals surface area contributed by atoms with Crippen molar-refractivity contribution < 1.29 is 19.1 Å². The minimum atomic E-state index is -0.277. The van der Waals surface area contributed by atoms with Crippen LogP contribution in [0.15, 0.2) is 12.1 Å². The summed E-state index contributed by atoms with van der Waals surface area (Å²) in [5.74, 6) is 0.614. The summed E-state index contributed by atoms with van der Waals surface area (Å²) in [7, 11) is 0. The number of amides is 2. The molecule has 138 valence electrons. The van der Waals surface area contributed by atoms with Crippen LogP contribution in [0.1, 0.15) is 36.5 Å². The van der Waals surface area contributed by atoms with Crippen LogP contribution in [0, 0.1) is 20.8 Å². The standard InChI is InChI=1S/C19H28N2O4/c1-5-24-19(23)21-8-6-16(7-9-21)20-18(22)12-25-17-11-14(3)13(2)10-15(17)4/h10-11,16H,5-9,12H2,1-4H3,(H,20,22). The van der Waals surface area contributed by atoms with Crippen molar-refractivity contribution in [3.05, 3.63) is 28.8 Å². The van der Waals surface area contributed by atoms with Gasteiger partial charge in [0.05, 0.1) is 6.61 Å². The van der Waals surface area contributed by atoms with Gasteiger partial charge in [-0.2, -0.15) is 0 Å². The molecule has 0 atom stereocenters. The number of hydrogen-bond donors (Lipinski definition) is 1. The van der Waals surface area contributed by atoms with Crippen molar-refractivity contribution >= 4 is 12.0 Å². The van der Waals surface area contributed by atoms with Gasteiger partial charge in [0.25, 0.3) is 5.91 Å². The van der Waals surface area contributed by atoms with E-state index in [1.54, 1.807) is 11.8 Å². The van der Waals surface area contributed by atoms with E-state index in [0.717, 1.165) is 29.7 Å². The molecule has 0 spiro atoms. The second kappa shape index (κ2) is 8.74. The third-order valence-electron chi connectivity index (χ3n) is 4.54. The molecule has 1 aliphatic rings. The van der Waals surface area contributed by atoms with Crippen molar-refractivity contribution in [3.8, 4) is 5.75 Å². The van der Waals surface area contributed by atoms with Crippen LogP contribution >= 0.6 is 0 Å². The summed E-state index contributed by atoms with van der Waals surface area (Å²) in [6.07, 6.45) is 1.18. The minimum Gasteiger partial charge on any atom is -0.483 e. The highest BCUT2D eigenvalue weighted by Gasteiger charge is 2.24. The summed E-state index contributed by atoms with van der Waals surface area (Å²) in [5, 5.41) is 2.98. The first-order chi connectivity index (χ1) is 11.9. The molecule has 0 aromatic heterocycles. The largest absolute Gasteiger partial charge is 0.483 e. The van der Waals surface area contributed by atoms with Crippen LogP contribution in [-0.4, -0.2) is 49.2 Å². The Morgan fingerprint density at radius 3 is 2.40 bits per heavy atom. The molecule has 1 aliphatic heterocycles. The molecule has 0 aliphatic carbocycles. The Bertz CT molecular complexity index is 622. The first-order valence-electron chi connectivity index (χ1n) is 8.82. The minimum absolute atomic E-state index is 0.00142.